The van der Waals surface area contributed by atoms with Gasteiger partial charge in [-0.1, -0.05) is 0 Å². The molecule has 2 atom stereocenters. The fourth-order valence-electron chi connectivity index (χ4n) is 2.00. The first-order chi connectivity index (χ1) is 9.34. The van der Waals surface area contributed by atoms with Crippen LogP contribution in [0.4, 0.5) is 0 Å². The topological polar surface area (TPSA) is 0 Å². The molecule has 122 valence electrons. The summed E-state index contributed by atoms with van der Waals surface area (Å²) in [4.78, 5) is 0. The maximum Gasteiger partial charge on any atom is 0.0226 e. The SMILES string of the molecule is SCCC(S)(CS)CCC(S)CCC(S)(CS)CCS. The summed E-state index contributed by atoms with van der Waals surface area (Å²) in [6.45, 7) is 0. The summed E-state index contributed by atoms with van der Waals surface area (Å²) in [5.41, 5.74) is 0. The molecule has 0 saturated heterocycles. The van der Waals surface area contributed by atoms with Crippen molar-refractivity contribution in [2.24, 2.45) is 0 Å². The summed E-state index contributed by atoms with van der Waals surface area (Å²) < 4.78 is -0.0307. The van der Waals surface area contributed by atoms with Crippen molar-refractivity contribution in [3.63, 3.8) is 0 Å². The lowest BCUT2D eigenvalue weighted by Crippen LogP contribution is -2.28. The summed E-state index contributed by atoms with van der Waals surface area (Å²) in [6.07, 6.45) is 6.13. The predicted molar refractivity (Wildman–Crippen MR) is 119 cm³/mol. The molecule has 0 saturated carbocycles. The lowest BCUT2D eigenvalue weighted by atomic mass is 9.95. The van der Waals surface area contributed by atoms with Crippen molar-refractivity contribution >= 4 is 88.4 Å². The molecule has 0 heterocycles. The van der Waals surface area contributed by atoms with Crippen LogP contribution in [0.15, 0.2) is 0 Å². The van der Waals surface area contributed by atoms with Crippen LogP contribution in [0.3, 0.4) is 0 Å². The fourth-order valence-corrected chi connectivity index (χ4v) is 4.58. The molecule has 0 aromatic rings. The molecule has 0 aliphatic rings. The van der Waals surface area contributed by atoms with E-state index in [0.717, 1.165) is 61.5 Å². The molecular formula is C13H28S7. The monoisotopic (exact) mass is 408 g/mol. The molecule has 0 aliphatic heterocycles. The van der Waals surface area contributed by atoms with Gasteiger partial charge in [-0.2, -0.15) is 88.4 Å². The molecule has 0 aromatic heterocycles. The highest BCUT2D eigenvalue weighted by atomic mass is 32.1. The highest BCUT2D eigenvalue weighted by Gasteiger charge is 2.26. The van der Waals surface area contributed by atoms with E-state index in [1.165, 1.54) is 0 Å². The number of thiol groups is 7. The molecule has 0 aliphatic carbocycles. The summed E-state index contributed by atoms with van der Waals surface area (Å²) in [5.74, 6) is 3.26. The molecular weight excluding hydrogens is 381 g/mol. The van der Waals surface area contributed by atoms with Gasteiger partial charge in [-0.3, -0.25) is 0 Å². The Balaban J connectivity index is 4.13. The van der Waals surface area contributed by atoms with Crippen LogP contribution in [0.1, 0.15) is 38.5 Å². The van der Waals surface area contributed by atoms with Crippen LogP contribution >= 0.6 is 88.4 Å². The first-order valence-electron chi connectivity index (χ1n) is 6.91. The molecule has 0 nitrogen and oxygen atoms in total. The zero-order valence-corrected chi connectivity index (χ0v) is 18.0. The summed E-state index contributed by atoms with van der Waals surface area (Å²) >= 11 is 31.6. The van der Waals surface area contributed by atoms with Gasteiger partial charge in [-0.05, 0) is 50.0 Å². The Morgan fingerprint density at radius 1 is 0.650 bits per heavy atom. The van der Waals surface area contributed by atoms with Gasteiger partial charge in [-0.25, -0.2) is 0 Å². The zero-order valence-electron chi connectivity index (χ0n) is 11.8. The highest BCUT2D eigenvalue weighted by molar-refractivity contribution is 7.86. The van der Waals surface area contributed by atoms with Crippen LogP contribution in [0.25, 0.3) is 0 Å². The van der Waals surface area contributed by atoms with Crippen molar-refractivity contribution in [1.29, 1.82) is 0 Å². The van der Waals surface area contributed by atoms with Crippen molar-refractivity contribution in [2.75, 3.05) is 23.0 Å². The fraction of sp³-hybridized carbons (Fsp3) is 1.00. The minimum atomic E-state index is -0.0153. The van der Waals surface area contributed by atoms with Gasteiger partial charge >= 0.3 is 0 Å². The Labute approximate surface area is 163 Å². The molecule has 0 rings (SSSR count). The van der Waals surface area contributed by atoms with Gasteiger partial charge in [0.25, 0.3) is 0 Å². The molecule has 0 bridgehead atoms. The van der Waals surface area contributed by atoms with Crippen LogP contribution in [0.5, 0.6) is 0 Å². The lowest BCUT2D eigenvalue weighted by molar-refractivity contribution is 0.503. The van der Waals surface area contributed by atoms with Crippen molar-refractivity contribution in [1.82, 2.24) is 0 Å². The minimum absolute atomic E-state index is 0.0153. The summed E-state index contributed by atoms with van der Waals surface area (Å²) in [6, 6.07) is 0. The van der Waals surface area contributed by atoms with Gasteiger partial charge < -0.3 is 0 Å². The quantitative estimate of drug-likeness (QED) is 0.224. The third kappa shape index (κ3) is 9.56. The van der Waals surface area contributed by atoms with Crippen LogP contribution in [-0.2, 0) is 0 Å². The number of hydrogen-bond acceptors (Lipinski definition) is 7. The van der Waals surface area contributed by atoms with Gasteiger partial charge in [0.2, 0.25) is 0 Å². The van der Waals surface area contributed by atoms with Gasteiger partial charge in [0, 0.05) is 26.2 Å². The average molecular weight is 409 g/mol. The molecule has 2 unspecified atom stereocenters. The highest BCUT2D eigenvalue weighted by Crippen LogP contribution is 2.32. The molecule has 0 N–H and O–H groups in total. The number of hydrogen-bond donors (Lipinski definition) is 7. The van der Waals surface area contributed by atoms with Crippen LogP contribution < -0.4 is 0 Å². The normalized spacial score (nSPS) is 19.4. The number of rotatable bonds is 12. The van der Waals surface area contributed by atoms with Gasteiger partial charge in [0.15, 0.2) is 0 Å². The van der Waals surface area contributed by atoms with E-state index < -0.39 is 0 Å². The Kier molecular flexibility index (Phi) is 13.4. The maximum atomic E-state index is 4.75. The molecule has 0 amide bonds. The van der Waals surface area contributed by atoms with Crippen LogP contribution in [0.2, 0.25) is 0 Å². The Hall–Kier alpha value is 2.45. The standard InChI is InChI=1S/C13H28S7/c14-7-5-12(19,9-16)3-1-11(18)2-4-13(20,10-17)6-8-15/h11,14-20H,1-10H2. The van der Waals surface area contributed by atoms with Gasteiger partial charge in [-0.15, -0.1) is 0 Å². The van der Waals surface area contributed by atoms with E-state index in [4.69, 9.17) is 37.9 Å². The van der Waals surface area contributed by atoms with Crippen LogP contribution in [-0.4, -0.2) is 37.8 Å². The van der Waals surface area contributed by atoms with E-state index in [1.54, 1.807) is 0 Å². The van der Waals surface area contributed by atoms with E-state index in [-0.39, 0.29) is 9.49 Å². The molecule has 0 fully saturated rings. The van der Waals surface area contributed by atoms with Crippen molar-refractivity contribution in [3.8, 4) is 0 Å². The maximum absolute atomic E-state index is 4.75. The lowest BCUT2D eigenvalue weighted by Gasteiger charge is -2.29. The van der Waals surface area contributed by atoms with E-state index in [0.29, 0.717) is 5.25 Å². The van der Waals surface area contributed by atoms with Crippen LogP contribution in [0, 0.1) is 0 Å². The molecule has 0 spiro atoms. The van der Waals surface area contributed by atoms with E-state index in [9.17, 15) is 0 Å². The largest absolute Gasteiger partial charge is 0.179 e. The second kappa shape index (κ2) is 11.9. The minimum Gasteiger partial charge on any atom is -0.179 e. The third-order valence-corrected chi connectivity index (χ3v) is 7.51. The predicted octanol–water partition coefficient (Wildman–Crippen LogP) is 4.68. The Morgan fingerprint density at radius 2 is 1.00 bits per heavy atom. The Bertz CT molecular complexity index is 227. The smallest absolute Gasteiger partial charge is 0.0226 e. The van der Waals surface area contributed by atoms with Gasteiger partial charge in [0.1, 0.15) is 0 Å². The van der Waals surface area contributed by atoms with Crippen molar-refractivity contribution in [2.45, 2.75) is 53.3 Å². The second-order valence-electron chi connectivity index (χ2n) is 5.44. The molecule has 7 heteroatoms. The first-order valence-corrected chi connectivity index (χ1v) is 10.8. The molecule has 0 radical (unpaired) electrons. The third-order valence-electron chi connectivity index (χ3n) is 3.63. The Morgan fingerprint density at radius 3 is 1.25 bits per heavy atom. The van der Waals surface area contributed by atoms with E-state index >= 15 is 0 Å². The van der Waals surface area contributed by atoms with E-state index in [2.05, 4.69) is 50.5 Å². The zero-order chi connectivity index (χ0) is 15.6. The van der Waals surface area contributed by atoms with E-state index in [1.807, 2.05) is 0 Å². The average Bonchev–Trinajstić information content (AvgIpc) is 2.43. The van der Waals surface area contributed by atoms with Crippen molar-refractivity contribution in [3.05, 3.63) is 0 Å². The first kappa shape index (κ1) is 22.4. The van der Waals surface area contributed by atoms with Crippen molar-refractivity contribution < 1.29 is 0 Å². The summed E-state index contributed by atoms with van der Waals surface area (Å²) in [7, 11) is 0. The molecule has 20 heavy (non-hydrogen) atoms. The molecule has 0 aromatic carbocycles. The van der Waals surface area contributed by atoms with Gasteiger partial charge in [0.05, 0.1) is 0 Å². The second-order valence-corrected chi connectivity index (χ2v) is 9.60. The summed E-state index contributed by atoms with van der Waals surface area (Å²) in [5, 5.41) is 0.382.